The summed E-state index contributed by atoms with van der Waals surface area (Å²) in [6.45, 7) is 9.95. The molecule has 0 saturated carbocycles. The van der Waals surface area contributed by atoms with Crippen molar-refractivity contribution in [2.24, 2.45) is 5.73 Å². The highest BCUT2D eigenvalue weighted by Gasteiger charge is 2.26. The number of ether oxygens (including phenoxy) is 1. The Labute approximate surface area is 97.3 Å². The molecule has 0 aromatic carbocycles. The summed E-state index contributed by atoms with van der Waals surface area (Å²) >= 11 is 0. The van der Waals surface area contributed by atoms with E-state index in [0.29, 0.717) is 6.54 Å². The third-order valence-electron chi connectivity index (χ3n) is 2.65. The maximum absolute atomic E-state index is 11.2. The summed E-state index contributed by atoms with van der Waals surface area (Å²) in [7, 11) is 0. The van der Waals surface area contributed by atoms with Gasteiger partial charge in [0.2, 0.25) is 5.91 Å². The standard InChI is InChI=1S/C11H23N3O2/c1-9(12)10(15)13-4-5-14-6-7-16-11(2,3)8-14/h9H,4-8,12H2,1-3H3,(H,13,15)/t9-/m1/s1. The summed E-state index contributed by atoms with van der Waals surface area (Å²) in [5.74, 6) is -0.0903. The topological polar surface area (TPSA) is 67.6 Å². The van der Waals surface area contributed by atoms with Gasteiger partial charge in [0.1, 0.15) is 0 Å². The van der Waals surface area contributed by atoms with Gasteiger partial charge in [0.25, 0.3) is 0 Å². The van der Waals surface area contributed by atoms with Gasteiger partial charge in [0.05, 0.1) is 18.2 Å². The monoisotopic (exact) mass is 229 g/mol. The van der Waals surface area contributed by atoms with Gasteiger partial charge in [0, 0.05) is 26.2 Å². The molecule has 16 heavy (non-hydrogen) atoms. The number of nitrogens with zero attached hydrogens (tertiary/aromatic N) is 1. The van der Waals surface area contributed by atoms with E-state index in [1.165, 1.54) is 0 Å². The van der Waals surface area contributed by atoms with Crippen molar-refractivity contribution >= 4 is 5.91 Å². The predicted molar refractivity (Wildman–Crippen MR) is 63.1 cm³/mol. The first kappa shape index (κ1) is 13.4. The SMILES string of the molecule is C[C@@H](N)C(=O)NCCN1CCOC(C)(C)C1. The molecule has 0 radical (unpaired) electrons. The highest BCUT2D eigenvalue weighted by molar-refractivity contribution is 5.80. The Kier molecular flexibility index (Phi) is 4.70. The summed E-state index contributed by atoms with van der Waals surface area (Å²) in [4.78, 5) is 13.5. The number of amides is 1. The van der Waals surface area contributed by atoms with E-state index in [2.05, 4.69) is 24.1 Å². The van der Waals surface area contributed by atoms with E-state index in [1.54, 1.807) is 6.92 Å². The van der Waals surface area contributed by atoms with Crippen molar-refractivity contribution in [2.75, 3.05) is 32.8 Å². The minimum atomic E-state index is -0.430. The number of morpholine rings is 1. The maximum Gasteiger partial charge on any atom is 0.236 e. The molecule has 1 saturated heterocycles. The van der Waals surface area contributed by atoms with Crippen LogP contribution in [0.25, 0.3) is 0 Å². The summed E-state index contributed by atoms with van der Waals surface area (Å²) in [5, 5.41) is 2.81. The molecule has 5 nitrogen and oxygen atoms in total. The third kappa shape index (κ3) is 4.47. The Morgan fingerprint density at radius 2 is 2.31 bits per heavy atom. The second-order valence-electron chi connectivity index (χ2n) is 4.96. The van der Waals surface area contributed by atoms with Gasteiger partial charge < -0.3 is 15.8 Å². The van der Waals surface area contributed by atoms with Crippen LogP contribution < -0.4 is 11.1 Å². The maximum atomic E-state index is 11.2. The lowest BCUT2D eigenvalue weighted by Gasteiger charge is -2.38. The second-order valence-corrected chi connectivity index (χ2v) is 4.96. The van der Waals surface area contributed by atoms with Crippen molar-refractivity contribution in [3.63, 3.8) is 0 Å². The quantitative estimate of drug-likeness (QED) is 0.686. The highest BCUT2D eigenvalue weighted by atomic mass is 16.5. The number of nitrogens with one attached hydrogen (secondary N) is 1. The molecule has 0 bridgehead atoms. The molecule has 1 fully saturated rings. The first-order chi connectivity index (χ1) is 7.41. The van der Waals surface area contributed by atoms with E-state index >= 15 is 0 Å². The lowest BCUT2D eigenvalue weighted by Crippen LogP contribution is -2.50. The van der Waals surface area contributed by atoms with Crippen LogP contribution in [0.15, 0.2) is 0 Å². The van der Waals surface area contributed by atoms with E-state index in [1.807, 2.05) is 0 Å². The zero-order chi connectivity index (χ0) is 12.2. The fourth-order valence-corrected chi connectivity index (χ4v) is 1.80. The summed E-state index contributed by atoms with van der Waals surface area (Å²) in [6, 6.07) is -0.430. The van der Waals surface area contributed by atoms with Crippen LogP contribution in [0, 0.1) is 0 Å². The fraction of sp³-hybridized carbons (Fsp3) is 0.909. The normalized spacial score (nSPS) is 22.8. The van der Waals surface area contributed by atoms with Crippen molar-refractivity contribution in [1.82, 2.24) is 10.2 Å². The minimum absolute atomic E-state index is 0.0799. The van der Waals surface area contributed by atoms with Crippen molar-refractivity contribution < 1.29 is 9.53 Å². The largest absolute Gasteiger partial charge is 0.373 e. The fourth-order valence-electron chi connectivity index (χ4n) is 1.80. The van der Waals surface area contributed by atoms with Gasteiger partial charge in [-0.1, -0.05) is 0 Å². The molecule has 0 aromatic rings. The molecule has 0 aromatic heterocycles. The molecule has 94 valence electrons. The molecule has 1 heterocycles. The van der Waals surface area contributed by atoms with E-state index in [9.17, 15) is 4.79 Å². The van der Waals surface area contributed by atoms with Crippen molar-refractivity contribution in [3.8, 4) is 0 Å². The Bertz CT molecular complexity index is 241. The molecule has 3 N–H and O–H groups in total. The van der Waals surface area contributed by atoms with E-state index in [-0.39, 0.29) is 11.5 Å². The van der Waals surface area contributed by atoms with Crippen LogP contribution in [0.5, 0.6) is 0 Å². The summed E-state index contributed by atoms with van der Waals surface area (Å²) in [6.07, 6.45) is 0. The summed E-state index contributed by atoms with van der Waals surface area (Å²) < 4.78 is 5.61. The zero-order valence-corrected chi connectivity index (χ0v) is 10.5. The minimum Gasteiger partial charge on any atom is -0.373 e. The van der Waals surface area contributed by atoms with Crippen molar-refractivity contribution in [2.45, 2.75) is 32.4 Å². The molecule has 1 atom stereocenters. The molecule has 0 aliphatic carbocycles. The van der Waals surface area contributed by atoms with Crippen LogP contribution in [-0.2, 0) is 9.53 Å². The van der Waals surface area contributed by atoms with Gasteiger partial charge in [-0.05, 0) is 20.8 Å². The van der Waals surface area contributed by atoms with Gasteiger partial charge in [0.15, 0.2) is 0 Å². The summed E-state index contributed by atoms with van der Waals surface area (Å²) in [5.41, 5.74) is 5.37. The Hall–Kier alpha value is -0.650. The third-order valence-corrected chi connectivity index (χ3v) is 2.65. The van der Waals surface area contributed by atoms with E-state index in [4.69, 9.17) is 10.5 Å². The lowest BCUT2D eigenvalue weighted by atomic mass is 10.1. The molecule has 1 amide bonds. The number of carbonyl (C=O) groups excluding carboxylic acids is 1. The average Bonchev–Trinajstić information content (AvgIpc) is 2.15. The highest BCUT2D eigenvalue weighted by Crippen LogP contribution is 2.15. The van der Waals surface area contributed by atoms with Crippen LogP contribution in [0.2, 0.25) is 0 Å². The zero-order valence-electron chi connectivity index (χ0n) is 10.5. The van der Waals surface area contributed by atoms with Crippen molar-refractivity contribution in [1.29, 1.82) is 0 Å². The van der Waals surface area contributed by atoms with Gasteiger partial charge in [-0.25, -0.2) is 0 Å². The van der Waals surface area contributed by atoms with Gasteiger partial charge in [-0.2, -0.15) is 0 Å². The molecular formula is C11H23N3O2. The molecule has 0 spiro atoms. The predicted octanol–water partition coefficient (Wildman–Crippen LogP) is -0.439. The number of carbonyl (C=O) groups is 1. The first-order valence-corrected chi connectivity index (χ1v) is 5.80. The average molecular weight is 229 g/mol. The second kappa shape index (κ2) is 5.61. The van der Waals surface area contributed by atoms with Gasteiger partial charge in [-0.3, -0.25) is 9.69 Å². The molecule has 5 heteroatoms. The molecular weight excluding hydrogens is 206 g/mol. The smallest absolute Gasteiger partial charge is 0.236 e. The molecule has 1 rings (SSSR count). The van der Waals surface area contributed by atoms with Gasteiger partial charge in [-0.15, -0.1) is 0 Å². The molecule has 1 aliphatic heterocycles. The van der Waals surface area contributed by atoms with Gasteiger partial charge >= 0.3 is 0 Å². The van der Waals surface area contributed by atoms with Crippen LogP contribution in [0.3, 0.4) is 0 Å². The van der Waals surface area contributed by atoms with Crippen LogP contribution in [-0.4, -0.2) is 55.2 Å². The van der Waals surface area contributed by atoms with E-state index < -0.39 is 6.04 Å². The Balaban J connectivity index is 2.20. The number of hydrogen-bond acceptors (Lipinski definition) is 4. The van der Waals surface area contributed by atoms with Crippen LogP contribution in [0.1, 0.15) is 20.8 Å². The van der Waals surface area contributed by atoms with Crippen molar-refractivity contribution in [3.05, 3.63) is 0 Å². The Morgan fingerprint density at radius 1 is 1.62 bits per heavy atom. The molecule has 0 unspecified atom stereocenters. The Morgan fingerprint density at radius 3 is 2.88 bits per heavy atom. The van der Waals surface area contributed by atoms with Crippen LogP contribution >= 0.6 is 0 Å². The van der Waals surface area contributed by atoms with Crippen LogP contribution in [0.4, 0.5) is 0 Å². The number of rotatable bonds is 4. The van der Waals surface area contributed by atoms with E-state index in [0.717, 1.165) is 26.2 Å². The first-order valence-electron chi connectivity index (χ1n) is 5.80. The lowest BCUT2D eigenvalue weighted by molar-refractivity contribution is -0.122. The number of nitrogens with two attached hydrogens (primary N) is 1. The molecule has 1 aliphatic rings. The number of hydrogen-bond donors (Lipinski definition) is 2.